The molecule has 186 valence electrons. The number of benzene rings is 2. The number of aryl methyl sites for hydroxylation is 1. The Morgan fingerprint density at radius 3 is 2.26 bits per heavy atom. The van der Waals surface area contributed by atoms with E-state index in [4.69, 9.17) is 4.74 Å². The standard InChI is InChI=1S/C28H34N2O3S2/c1-3-33-18-10-17-29(28(32)22-34-25-13-8-5-9-14-25)21-27(31)30(19-24-11-6-4-7-12-24)20-26-16-15-23(2)35-26/h4-9,11-16H,3,10,17-22H2,1-2H3. The Hall–Kier alpha value is -2.61. The van der Waals surface area contributed by atoms with E-state index in [1.54, 1.807) is 16.2 Å². The monoisotopic (exact) mass is 510 g/mol. The van der Waals surface area contributed by atoms with Crippen molar-refractivity contribution < 1.29 is 14.3 Å². The third kappa shape index (κ3) is 9.51. The quantitative estimate of drug-likeness (QED) is 0.208. The van der Waals surface area contributed by atoms with Crippen molar-refractivity contribution in [2.24, 2.45) is 0 Å². The van der Waals surface area contributed by atoms with Crippen molar-refractivity contribution in [3.8, 4) is 0 Å². The van der Waals surface area contributed by atoms with Crippen molar-refractivity contribution in [1.82, 2.24) is 9.80 Å². The third-order valence-electron chi connectivity index (χ3n) is 5.42. The van der Waals surface area contributed by atoms with Gasteiger partial charge in [0.1, 0.15) is 0 Å². The van der Waals surface area contributed by atoms with Crippen LogP contribution in [0.2, 0.25) is 0 Å². The predicted molar refractivity (Wildman–Crippen MR) is 145 cm³/mol. The SMILES string of the molecule is CCOCCCN(CC(=O)N(Cc1ccccc1)Cc1ccc(C)s1)C(=O)CSc1ccccc1. The molecule has 1 heterocycles. The Kier molecular flexibility index (Phi) is 11.3. The van der Waals surface area contributed by atoms with Crippen molar-refractivity contribution in [3.05, 3.63) is 88.1 Å². The van der Waals surface area contributed by atoms with E-state index in [2.05, 4.69) is 19.1 Å². The topological polar surface area (TPSA) is 49.9 Å². The maximum Gasteiger partial charge on any atom is 0.242 e. The Morgan fingerprint density at radius 2 is 1.60 bits per heavy atom. The molecule has 0 fully saturated rings. The van der Waals surface area contributed by atoms with Gasteiger partial charge in [0.05, 0.1) is 18.8 Å². The number of ether oxygens (including phenoxy) is 1. The van der Waals surface area contributed by atoms with E-state index in [1.165, 1.54) is 16.6 Å². The van der Waals surface area contributed by atoms with Crippen molar-refractivity contribution in [1.29, 1.82) is 0 Å². The Morgan fingerprint density at radius 1 is 0.886 bits per heavy atom. The van der Waals surface area contributed by atoms with Gasteiger partial charge in [0.15, 0.2) is 0 Å². The van der Waals surface area contributed by atoms with E-state index in [0.29, 0.717) is 45.0 Å². The molecule has 5 nitrogen and oxygen atoms in total. The van der Waals surface area contributed by atoms with Crippen LogP contribution in [-0.4, -0.2) is 53.7 Å². The predicted octanol–water partition coefficient (Wildman–Crippen LogP) is 5.63. The van der Waals surface area contributed by atoms with Gasteiger partial charge in [-0.05, 0) is 50.1 Å². The number of amides is 2. The summed E-state index contributed by atoms with van der Waals surface area (Å²) in [6.07, 6.45) is 0.700. The van der Waals surface area contributed by atoms with Gasteiger partial charge < -0.3 is 14.5 Å². The molecule has 0 unspecified atom stereocenters. The molecule has 3 aromatic rings. The van der Waals surface area contributed by atoms with Gasteiger partial charge in [-0.2, -0.15) is 0 Å². The highest BCUT2D eigenvalue weighted by atomic mass is 32.2. The lowest BCUT2D eigenvalue weighted by molar-refractivity contribution is -0.140. The molecular weight excluding hydrogens is 476 g/mol. The van der Waals surface area contributed by atoms with Crippen LogP contribution in [0.4, 0.5) is 0 Å². The molecule has 0 aliphatic rings. The molecule has 2 aromatic carbocycles. The van der Waals surface area contributed by atoms with Crippen LogP contribution >= 0.6 is 23.1 Å². The molecule has 1 aromatic heterocycles. The summed E-state index contributed by atoms with van der Waals surface area (Å²) in [5.41, 5.74) is 1.07. The summed E-state index contributed by atoms with van der Waals surface area (Å²) >= 11 is 3.20. The molecule has 7 heteroatoms. The molecule has 0 N–H and O–H groups in total. The van der Waals surface area contributed by atoms with Crippen LogP contribution < -0.4 is 0 Å². The van der Waals surface area contributed by atoms with Gasteiger partial charge in [-0.1, -0.05) is 48.5 Å². The van der Waals surface area contributed by atoms with E-state index in [1.807, 2.05) is 72.5 Å². The first-order valence-electron chi connectivity index (χ1n) is 12.0. The fourth-order valence-electron chi connectivity index (χ4n) is 3.60. The molecule has 0 radical (unpaired) electrons. The third-order valence-corrected chi connectivity index (χ3v) is 7.40. The molecule has 35 heavy (non-hydrogen) atoms. The zero-order valence-corrected chi connectivity index (χ0v) is 22.2. The zero-order valence-electron chi connectivity index (χ0n) is 20.5. The fraction of sp³-hybridized carbons (Fsp3) is 0.357. The lowest BCUT2D eigenvalue weighted by atomic mass is 10.2. The molecular formula is C28H34N2O3S2. The number of thioether (sulfide) groups is 1. The van der Waals surface area contributed by atoms with Crippen LogP contribution in [-0.2, 0) is 27.4 Å². The average molecular weight is 511 g/mol. The zero-order chi connectivity index (χ0) is 24.9. The lowest BCUT2D eigenvalue weighted by Crippen LogP contribution is -2.43. The molecule has 0 aliphatic heterocycles. The number of hydrogen-bond acceptors (Lipinski definition) is 5. The summed E-state index contributed by atoms with van der Waals surface area (Å²) in [4.78, 5) is 33.6. The van der Waals surface area contributed by atoms with Crippen molar-refractivity contribution in [2.45, 2.75) is 38.3 Å². The summed E-state index contributed by atoms with van der Waals surface area (Å²) < 4.78 is 5.47. The molecule has 2 amide bonds. The minimum atomic E-state index is -0.0469. The molecule has 0 aliphatic carbocycles. The lowest BCUT2D eigenvalue weighted by Gasteiger charge is -2.28. The van der Waals surface area contributed by atoms with E-state index in [-0.39, 0.29) is 18.4 Å². The van der Waals surface area contributed by atoms with Gasteiger partial charge in [0.2, 0.25) is 11.8 Å². The van der Waals surface area contributed by atoms with Gasteiger partial charge in [-0.3, -0.25) is 9.59 Å². The van der Waals surface area contributed by atoms with Gasteiger partial charge in [-0.15, -0.1) is 23.1 Å². The highest BCUT2D eigenvalue weighted by Crippen LogP contribution is 2.20. The van der Waals surface area contributed by atoms with E-state index in [0.717, 1.165) is 15.3 Å². The smallest absolute Gasteiger partial charge is 0.242 e. The maximum absolute atomic E-state index is 13.5. The highest BCUT2D eigenvalue weighted by Gasteiger charge is 2.22. The van der Waals surface area contributed by atoms with Crippen LogP contribution in [0.5, 0.6) is 0 Å². The van der Waals surface area contributed by atoms with E-state index >= 15 is 0 Å². The fourth-order valence-corrected chi connectivity index (χ4v) is 5.33. The molecule has 0 atom stereocenters. The van der Waals surface area contributed by atoms with Gasteiger partial charge >= 0.3 is 0 Å². The molecule has 0 saturated carbocycles. The number of nitrogens with zero attached hydrogens (tertiary/aromatic N) is 2. The summed E-state index contributed by atoms with van der Waals surface area (Å²) in [5, 5.41) is 0. The summed E-state index contributed by atoms with van der Waals surface area (Å²) in [5.74, 6) is 0.221. The normalized spacial score (nSPS) is 10.8. The number of carbonyl (C=O) groups excluding carboxylic acids is 2. The first-order chi connectivity index (χ1) is 17.0. The van der Waals surface area contributed by atoms with Crippen LogP contribution in [0.15, 0.2) is 77.7 Å². The number of thiophene rings is 1. The first kappa shape index (κ1) is 27.0. The van der Waals surface area contributed by atoms with Crippen LogP contribution in [0.3, 0.4) is 0 Å². The van der Waals surface area contributed by atoms with Crippen LogP contribution in [0, 0.1) is 6.92 Å². The Bertz CT molecular complexity index is 1040. The molecule has 3 rings (SSSR count). The van der Waals surface area contributed by atoms with Gasteiger partial charge in [0.25, 0.3) is 0 Å². The minimum absolute atomic E-state index is 0.0321. The summed E-state index contributed by atoms with van der Waals surface area (Å²) in [6.45, 7) is 6.85. The highest BCUT2D eigenvalue weighted by molar-refractivity contribution is 8.00. The number of rotatable bonds is 14. The number of hydrogen-bond donors (Lipinski definition) is 0. The largest absolute Gasteiger partial charge is 0.382 e. The van der Waals surface area contributed by atoms with Crippen molar-refractivity contribution >= 4 is 34.9 Å². The second-order valence-electron chi connectivity index (χ2n) is 8.22. The Balaban J connectivity index is 1.70. The Labute approximate surface area is 217 Å². The maximum atomic E-state index is 13.5. The van der Waals surface area contributed by atoms with Gasteiger partial charge in [0, 0.05) is 41.0 Å². The average Bonchev–Trinajstić information content (AvgIpc) is 3.29. The second kappa shape index (κ2) is 14.7. The second-order valence-corrected chi connectivity index (χ2v) is 10.6. The summed E-state index contributed by atoms with van der Waals surface area (Å²) in [7, 11) is 0. The summed E-state index contributed by atoms with van der Waals surface area (Å²) in [6, 6.07) is 24.0. The molecule has 0 bridgehead atoms. The molecule has 0 saturated heterocycles. The van der Waals surface area contributed by atoms with Crippen molar-refractivity contribution in [3.63, 3.8) is 0 Å². The number of carbonyl (C=O) groups is 2. The minimum Gasteiger partial charge on any atom is -0.382 e. The van der Waals surface area contributed by atoms with E-state index in [9.17, 15) is 9.59 Å². The van der Waals surface area contributed by atoms with Crippen LogP contribution in [0.1, 0.15) is 28.7 Å². The first-order valence-corrected chi connectivity index (χ1v) is 13.8. The van der Waals surface area contributed by atoms with Crippen molar-refractivity contribution in [2.75, 3.05) is 32.1 Å². The van der Waals surface area contributed by atoms with Gasteiger partial charge in [-0.25, -0.2) is 0 Å². The molecule has 0 spiro atoms. The van der Waals surface area contributed by atoms with E-state index < -0.39 is 0 Å². The van der Waals surface area contributed by atoms with Crippen LogP contribution in [0.25, 0.3) is 0 Å².